The molecule has 0 saturated heterocycles. The molecular formula is C16H24ClFN2O. The van der Waals surface area contributed by atoms with Gasteiger partial charge in [0.25, 0.3) is 0 Å². The molecule has 1 rings (SSSR count). The molecule has 0 atom stereocenters. The van der Waals surface area contributed by atoms with E-state index in [0.717, 1.165) is 12.8 Å². The Morgan fingerprint density at radius 3 is 2.62 bits per heavy atom. The number of nitrogens with zero attached hydrogens (tertiary/aromatic N) is 1. The van der Waals surface area contributed by atoms with E-state index in [0.29, 0.717) is 23.6 Å². The summed E-state index contributed by atoms with van der Waals surface area (Å²) in [7, 11) is 1.67. The minimum atomic E-state index is -0.384. The molecule has 0 spiro atoms. The van der Waals surface area contributed by atoms with E-state index in [2.05, 4.69) is 13.8 Å². The van der Waals surface area contributed by atoms with Gasteiger partial charge in [-0.15, -0.1) is 0 Å². The summed E-state index contributed by atoms with van der Waals surface area (Å²) < 4.78 is 13.7. The molecule has 0 aliphatic heterocycles. The summed E-state index contributed by atoms with van der Waals surface area (Å²) in [5.74, 6) is -0.398. The third-order valence-corrected chi connectivity index (χ3v) is 4.07. The fourth-order valence-corrected chi connectivity index (χ4v) is 2.38. The van der Waals surface area contributed by atoms with Crippen LogP contribution in [0.5, 0.6) is 0 Å². The zero-order valence-electron chi connectivity index (χ0n) is 13.0. The number of carbonyl (C=O) groups is 1. The predicted molar refractivity (Wildman–Crippen MR) is 84.6 cm³/mol. The van der Waals surface area contributed by atoms with Crippen molar-refractivity contribution in [2.75, 3.05) is 13.6 Å². The number of carbonyl (C=O) groups excluding carboxylic acids is 1. The van der Waals surface area contributed by atoms with Gasteiger partial charge < -0.3 is 10.6 Å². The van der Waals surface area contributed by atoms with E-state index in [-0.39, 0.29) is 23.7 Å². The van der Waals surface area contributed by atoms with Crippen LogP contribution in [0, 0.1) is 11.2 Å². The van der Waals surface area contributed by atoms with E-state index in [9.17, 15) is 9.18 Å². The molecule has 0 aromatic heterocycles. The van der Waals surface area contributed by atoms with Gasteiger partial charge in [-0.05, 0) is 36.9 Å². The first-order valence-corrected chi connectivity index (χ1v) is 7.51. The highest BCUT2D eigenvalue weighted by molar-refractivity contribution is 6.31. The topological polar surface area (TPSA) is 46.3 Å². The van der Waals surface area contributed by atoms with Crippen LogP contribution in [-0.4, -0.2) is 24.4 Å². The Bertz CT molecular complexity index is 471. The summed E-state index contributed by atoms with van der Waals surface area (Å²) in [5.41, 5.74) is 5.96. The lowest BCUT2D eigenvalue weighted by Crippen LogP contribution is -2.28. The zero-order valence-corrected chi connectivity index (χ0v) is 13.7. The van der Waals surface area contributed by atoms with E-state index in [1.165, 1.54) is 11.0 Å². The fraction of sp³-hybridized carbons (Fsp3) is 0.562. The summed E-state index contributed by atoms with van der Waals surface area (Å²) in [6, 6.07) is 4.53. The molecule has 1 aromatic carbocycles. The molecule has 1 amide bonds. The Hall–Kier alpha value is -1.13. The monoisotopic (exact) mass is 314 g/mol. The lowest BCUT2D eigenvalue weighted by atomic mass is 9.84. The first-order valence-electron chi connectivity index (χ1n) is 7.14. The van der Waals surface area contributed by atoms with Crippen molar-refractivity contribution in [1.82, 2.24) is 4.90 Å². The van der Waals surface area contributed by atoms with Crippen LogP contribution >= 0.6 is 11.6 Å². The minimum Gasteiger partial charge on any atom is -0.341 e. The molecule has 0 bridgehead atoms. The standard InChI is InChI=1S/C16H24ClFN2O/c1-16(2,9-10-19)8-7-15(21)20(3)11-12-13(17)5-4-6-14(12)18/h4-6H,7-11,19H2,1-3H3. The Kier molecular flexibility index (Phi) is 6.62. The minimum absolute atomic E-state index is 0.0144. The van der Waals surface area contributed by atoms with Crippen molar-refractivity contribution in [3.63, 3.8) is 0 Å². The lowest BCUT2D eigenvalue weighted by molar-refractivity contribution is -0.131. The maximum absolute atomic E-state index is 13.7. The number of rotatable bonds is 7. The van der Waals surface area contributed by atoms with Crippen LogP contribution in [0.25, 0.3) is 0 Å². The lowest BCUT2D eigenvalue weighted by Gasteiger charge is -2.25. The summed E-state index contributed by atoms with van der Waals surface area (Å²) in [6.45, 7) is 4.99. The molecule has 0 aliphatic rings. The summed E-state index contributed by atoms with van der Waals surface area (Å²) >= 11 is 5.98. The number of nitrogens with two attached hydrogens (primary N) is 1. The van der Waals surface area contributed by atoms with Crippen LogP contribution in [0.2, 0.25) is 5.02 Å². The second-order valence-corrected chi connectivity index (χ2v) is 6.56. The highest BCUT2D eigenvalue weighted by Gasteiger charge is 2.20. The molecule has 5 heteroatoms. The van der Waals surface area contributed by atoms with Gasteiger partial charge in [0.05, 0.1) is 0 Å². The maximum Gasteiger partial charge on any atom is 0.222 e. The molecule has 1 aromatic rings. The van der Waals surface area contributed by atoms with E-state index in [1.54, 1.807) is 19.2 Å². The smallest absolute Gasteiger partial charge is 0.222 e. The van der Waals surface area contributed by atoms with Crippen molar-refractivity contribution in [1.29, 1.82) is 0 Å². The number of amides is 1. The van der Waals surface area contributed by atoms with Gasteiger partial charge in [-0.1, -0.05) is 31.5 Å². The van der Waals surface area contributed by atoms with E-state index in [1.807, 2.05) is 0 Å². The van der Waals surface area contributed by atoms with Crippen LogP contribution in [-0.2, 0) is 11.3 Å². The second-order valence-electron chi connectivity index (χ2n) is 6.15. The van der Waals surface area contributed by atoms with Crippen molar-refractivity contribution in [3.05, 3.63) is 34.6 Å². The van der Waals surface area contributed by atoms with Crippen molar-refractivity contribution in [3.8, 4) is 0 Å². The third-order valence-electron chi connectivity index (χ3n) is 3.72. The van der Waals surface area contributed by atoms with Gasteiger partial charge >= 0.3 is 0 Å². The van der Waals surface area contributed by atoms with Crippen molar-refractivity contribution in [2.45, 2.75) is 39.7 Å². The Morgan fingerprint density at radius 1 is 1.38 bits per heavy atom. The summed E-state index contributed by atoms with van der Waals surface area (Å²) in [6.07, 6.45) is 2.07. The molecule has 0 aliphatic carbocycles. The first-order chi connectivity index (χ1) is 9.76. The molecule has 118 valence electrons. The van der Waals surface area contributed by atoms with E-state index >= 15 is 0 Å². The zero-order chi connectivity index (χ0) is 16.0. The van der Waals surface area contributed by atoms with Crippen molar-refractivity contribution in [2.24, 2.45) is 11.1 Å². The van der Waals surface area contributed by atoms with Crippen LogP contribution < -0.4 is 5.73 Å². The highest BCUT2D eigenvalue weighted by atomic mass is 35.5. The van der Waals surface area contributed by atoms with Gasteiger partial charge in [0.2, 0.25) is 5.91 Å². The van der Waals surface area contributed by atoms with Gasteiger partial charge in [-0.25, -0.2) is 4.39 Å². The number of hydrogen-bond acceptors (Lipinski definition) is 2. The normalized spacial score (nSPS) is 11.5. The van der Waals surface area contributed by atoms with Gasteiger partial charge in [0.15, 0.2) is 0 Å². The van der Waals surface area contributed by atoms with Crippen LogP contribution in [0.3, 0.4) is 0 Å². The number of hydrogen-bond donors (Lipinski definition) is 1. The molecule has 3 nitrogen and oxygen atoms in total. The number of halogens is 2. The average Bonchev–Trinajstić information content (AvgIpc) is 2.40. The molecule has 0 heterocycles. The van der Waals surface area contributed by atoms with Gasteiger partial charge in [-0.3, -0.25) is 4.79 Å². The third kappa shape index (κ3) is 5.64. The van der Waals surface area contributed by atoms with Crippen molar-refractivity contribution >= 4 is 17.5 Å². The fourth-order valence-electron chi connectivity index (χ4n) is 2.16. The largest absolute Gasteiger partial charge is 0.341 e. The Labute approximate surface area is 131 Å². The van der Waals surface area contributed by atoms with Crippen LogP contribution in [0.1, 0.15) is 38.7 Å². The highest BCUT2D eigenvalue weighted by Crippen LogP contribution is 2.26. The maximum atomic E-state index is 13.7. The molecule has 0 saturated carbocycles. The Balaban J connectivity index is 2.59. The van der Waals surface area contributed by atoms with Gasteiger partial charge in [0.1, 0.15) is 5.82 Å². The molecule has 0 unspecified atom stereocenters. The van der Waals surface area contributed by atoms with Crippen molar-refractivity contribution < 1.29 is 9.18 Å². The molecule has 21 heavy (non-hydrogen) atoms. The quantitative estimate of drug-likeness (QED) is 0.836. The summed E-state index contributed by atoms with van der Waals surface area (Å²) in [4.78, 5) is 13.7. The first kappa shape index (κ1) is 17.9. The second kappa shape index (κ2) is 7.76. The SMILES string of the molecule is CN(Cc1c(F)cccc1Cl)C(=O)CCC(C)(C)CCN. The van der Waals surface area contributed by atoms with Gasteiger partial charge in [0, 0.05) is 30.6 Å². The molecule has 0 fully saturated rings. The van der Waals surface area contributed by atoms with E-state index < -0.39 is 0 Å². The number of benzene rings is 1. The van der Waals surface area contributed by atoms with E-state index in [4.69, 9.17) is 17.3 Å². The van der Waals surface area contributed by atoms with Gasteiger partial charge in [-0.2, -0.15) is 0 Å². The summed E-state index contributed by atoms with van der Waals surface area (Å²) in [5, 5.41) is 0.345. The Morgan fingerprint density at radius 2 is 2.05 bits per heavy atom. The molecule has 0 radical (unpaired) electrons. The van der Waals surface area contributed by atoms with Crippen LogP contribution in [0.4, 0.5) is 4.39 Å². The van der Waals surface area contributed by atoms with Crippen LogP contribution in [0.15, 0.2) is 18.2 Å². The molecular weight excluding hydrogens is 291 g/mol. The predicted octanol–water partition coefficient (Wildman–Crippen LogP) is 3.59. The average molecular weight is 315 g/mol. The molecule has 2 N–H and O–H groups in total.